The number of hydrogen-bond acceptors (Lipinski definition) is 3. The second-order valence-electron chi connectivity index (χ2n) is 9.34. The highest BCUT2D eigenvalue weighted by atomic mass is 32.1. The van der Waals surface area contributed by atoms with E-state index in [0.717, 1.165) is 47.3 Å². The molecule has 0 radical (unpaired) electrons. The summed E-state index contributed by atoms with van der Waals surface area (Å²) in [6.45, 7) is 3.17. The Hall–Kier alpha value is -1.49. The number of rotatable bonds is 7. The summed E-state index contributed by atoms with van der Waals surface area (Å²) in [5.41, 5.74) is 1.69. The van der Waals surface area contributed by atoms with Crippen LogP contribution in [0.5, 0.6) is 11.5 Å². The van der Waals surface area contributed by atoms with E-state index in [4.69, 9.17) is 21.7 Å². The van der Waals surface area contributed by atoms with Gasteiger partial charge in [0, 0.05) is 12.6 Å². The Kier molecular flexibility index (Phi) is 5.73. The SMILES string of the molecule is COc1ccc(CCNC(=S)NC(C)C23CC4CC(CC(C4)C2)C3)cc1OC. The van der Waals surface area contributed by atoms with Crippen molar-refractivity contribution >= 4 is 17.3 Å². The van der Waals surface area contributed by atoms with Crippen molar-refractivity contribution in [3.8, 4) is 11.5 Å². The van der Waals surface area contributed by atoms with E-state index < -0.39 is 0 Å². The molecule has 1 aromatic carbocycles. The molecule has 0 saturated heterocycles. The first-order valence-corrected chi connectivity index (χ1v) is 11.2. The number of benzene rings is 1. The number of ether oxygens (including phenoxy) is 2. The number of methoxy groups -OCH3 is 2. The molecule has 1 atom stereocenters. The molecule has 1 aromatic rings. The molecule has 0 amide bonds. The van der Waals surface area contributed by atoms with Gasteiger partial charge in [-0.05, 0) is 105 Å². The quantitative estimate of drug-likeness (QED) is 0.665. The Morgan fingerprint density at radius 1 is 1.07 bits per heavy atom. The van der Waals surface area contributed by atoms with E-state index in [-0.39, 0.29) is 0 Å². The lowest BCUT2D eigenvalue weighted by Crippen LogP contribution is -2.57. The minimum Gasteiger partial charge on any atom is -0.493 e. The minimum absolute atomic E-state index is 0.460. The van der Waals surface area contributed by atoms with Crippen molar-refractivity contribution < 1.29 is 9.47 Å². The Bertz CT molecular complexity index is 685. The summed E-state index contributed by atoms with van der Waals surface area (Å²) in [6.07, 6.45) is 9.57. The lowest BCUT2D eigenvalue weighted by atomic mass is 9.48. The standard InChI is InChI=1S/C23H34N2O2S/c1-15(23-12-17-8-18(13-23)10-19(9-17)14-23)25-22(28)24-7-6-16-4-5-20(26-2)21(11-16)27-3/h4-5,11,15,17-19H,6-10,12-14H2,1-3H3,(H2,24,25,28). The van der Waals surface area contributed by atoms with Crippen molar-refractivity contribution in [2.75, 3.05) is 20.8 Å². The first-order valence-electron chi connectivity index (χ1n) is 10.8. The predicted molar refractivity (Wildman–Crippen MR) is 117 cm³/mol. The van der Waals surface area contributed by atoms with Crippen LogP contribution in [0.3, 0.4) is 0 Å². The molecule has 4 nitrogen and oxygen atoms in total. The van der Waals surface area contributed by atoms with Gasteiger partial charge in [0.05, 0.1) is 14.2 Å². The van der Waals surface area contributed by atoms with Crippen LogP contribution in [0.1, 0.15) is 51.0 Å². The molecule has 5 rings (SSSR count). The fourth-order valence-corrected chi connectivity index (χ4v) is 6.74. The largest absolute Gasteiger partial charge is 0.493 e. The van der Waals surface area contributed by atoms with Gasteiger partial charge in [0.2, 0.25) is 0 Å². The summed E-state index contributed by atoms with van der Waals surface area (Å²) in [7, 11) is 3.33. The summed E-state index contributed by atoms with van der Waals surface area (Å²) in [4.78, 5) is 0. The third-order valence-electron chi connectivity index (χ3n) is 7.50. The summed E-state index contributed by atoms with van der Waals surface area (Å²) in [5.74, 6) is 4.46. The van der Waals surface area contributed by atoms with Gasteiger partial charge in [-0.3, -0.25) is 0 Å². The van der Waals surface area contributed by atoms with Crippen molar-refractivity contribution in [1.29, 1.82) is 0 Å². The molecule has 4 aliphatic carbocycles. The molecule has 0 aliphatic heterocycles. The Labute approximate surface area is 174 Å². The number of hydrogen-bond donors (Lipinski definition) is 2. The first-order chi connectivity index (χ1) is 13.5. The van der Waals surface area contributed by atoms with Gasteiger partial charge in [0.25, 0.3) is 0 Å². The second kappa shape index (κ2) is 8.10. The van der Waals surface area contributed by atoms with E-state index in [1.54, 1.807) is 14.2 Å². The van der Waals surface area contributed by atoms with Crippen LogP contribution in [-0.2, 0) is 6.42 Å². The maximum absolute atomic E-state index is 5.62. The van der Waals surface area contributed by atoms with E-state index in [0.29, 0.717) is 11.5 Å². The van der Waals surface area contributed by atoms with E-state index in [9.17, 15) is 0 Å². The van der Waals surface area contributed by atoms with Crippen LogP contribution in [0.4, 0.5) is 0 Å². The Morgan fingerprint density at radius 3 is 2.25 bits per heavy atom. The normalized spacial score (nSPS) is 31.3. The zero-order chi connectivity index (χ0) is 19.7. The molecule has 1 unspecified atom stereocenters. The molecular weight excluding hydrogens is 368 g/mol. The third kappa shape index (κ3) is 3.96. The molecule has 4 saturated carbocycles. The van der Waals surface area contributed by atoms with Crippen molar-refractivity contribution in [2.24, 2.45) is 23.2 Å². The van der Waals surface area contributed by atoms with E-state index in [1.165, 1.54) is 44.1 Å². The van der Waals surface area contributed by atoms with Gasteiger partial charge in [0.15, 0.2) is 16.6 Å². The molecule has 154 valence electrons. The zero-order valence-corrected chi connectivity index (χ0v) is 18.2. The Balaban J connectivity index is 1.27. The lowest BCUT2D eigenvalue weighted by molar-refractivity contribution is -0.0672. The molecule has 5 heteroatoms. The maximum Gasteiger partial charge on any atom is 0.166 e. The first kappa shape index (κ1) is 19.8. The van der Waals surface area contributed by atoms with Crippen molar-refractivity contribution in [3.05, 3.63) is 23.8 Å². The minimum atomic E-state index is 0.460. The monoisotopic (exact) mass is 402 g/mol. The lowest BCUT2D eigenvalue weighted by Gasteiger charge is -2.59. The Morgan fingerprint density at radius 2 is 1.68 bits per heavy atom. The van der Waals surface area contributed by atoms with Crippen LogP contribution < -0.4 is 20.1 Å². The van der Waals surface area contributed by atoms with Gasteiger partial charge < -0.3 is 20.1 Å². The molecule has 4 fully saturated rings. The van der Waals surface area contributed by atoms with Gasteiger partial charge in [-0.2, -0.15) is 0 Å². The van der Waals surface area contributed by atoms with Crippen LogP contribution in [-0.4, -0.2) is 31.9 Å². The van der Waals surface area contributed by atoms with Gasteiger partial charge in [-0.15, -0.1) is 0 Å². The summed E-state index contributed by atoms with van der Waals surface area (Å²) in [5, 5.41) is 7.84. The van der Waals surface area contributed by atoms with Crippen LogP contribution >= 0.6 is 12.2 Å². The fourth-order valence-electron chi connectivity index (χ4n) is 6.47. The van der Waals surface area contributed by atoms with Gasteiger partial charge in [-0.25, -0.2) is 0 Å². The van der Waals surface area contributed by atoms with Crippen molar-refractivity contribution in [1.82, 2.24) is 10.6 Å². The maximum atomic E-state index is 5.62. The summed E-state index contributed by atoms with van der Waals surface area (Å²) < 4.78 is 10.7. The van der Waals surface area contributed by atoms with Gasteiger partial charge in [0.1, 0.15) is 0 Å². The molecule has 4 bridgehead atoms. The van der Waals surface area contributed by atoms with E-state index >= 15 is 0 Å². The second-order valence-corrected chi connectivity index (χ2v) is 9.75. The van der Waals surface area contributed by atoms with Crippen molar-refractivity contribution in [3.63, 3.8) is 0 Å². The average molecular weight is 403 g/mol. The third-order valence-corrected chi connectivity index (χ3v) is 7.76. The highest BCUT2D eigenvalue weighted by Crippen LogP contribution is 2.61. The highest BCUT2D eigenvalue weighted by Gasteiger charge is 2.53. The number of nitrogens with one attached hydrogen (secondary N) is 2. The summed E-state index contributed by atoms with van der Waals surface area (Å²) >= 11 is 5.62. The van der Waals surface area contributed by atoms with Gasteiger partial charge in [-0.1, -0.05) is 6.07 Å². The topological polar surface area (TPSA) is 42.5 Å². The van der Waals surface area contributed by atoms with Crippen LogP contribution in [0, 0.1) is 23.2 Å². The average Bonchev–Trinajstić information content (AvgIpc) is 2.66. The molecule has 0 spiro atoms. The fraction of sp³-hybridized carbons (Fsp3) is 0.696. The van der Waals surface area contributed by atoms with Crippen LogP contribution in [0.25, 0.3) is 0 Å². The highest BCUT2D eigenvalue weighted by molar-refractivity contribution is 7.80. The number of thiocarbonyl (C=S) groups is 1. The molecule has 0 heterocycles. The van der Waals surface area contributed by atoms with E-state index in [1.807, 2.05) is 12.1 Å². The van der Waals surface area contributed by atoms with Crippen LogP contribution in [0.2, 0.25) is 0 Å². The smallest absolute Gasteiger partial charge is 0.166 e. The molecule has 28 heavy (non-hydrogen) atoms. The zero-order valence-electron chi connectivity index (χ0n) is 17.4. The van der Waals surface area contributed by atoms with E-state index in [2.05, 4.69) is 23.6 Å². The van der Waals surface area contributed by atoms with Crippen LogP contribution in [0.15, 0.2) is 18.2 Å². The van der Waals surface area contributed by atoms with Gasteiger partial charge >= 0.3 is 0 Å². The molecule has 2 N–H and O–H groups in total. The molecular formula is C23H34N2O2S. The molecule has 0 aromatic heterocycles. The predicted octanol–water partition coefficient (Wildman–Crippen LogP) is 4.32. The van der Waals surface area contributed by atoms with Crippen molar-refractivity contribution in [2.45, 2.75) is 57.9 Å². The summed E-state index contributed by atoms with van der Waals surface area (Å²) in [6, 6.07) is 6.54. The molecule has 4 aliphatic rings.